The van der Waals surface area contributed by atoms with E-state index < -0.39 is 0 Å². The van der Waals surface area contributed by atoms with Gasteiger partial charge >= 0.3 is 0 Å². The van der Waals surface area contributed by atoms with Gasteiger partial charge in [0, 0.05) is 18.2 Å². The van der Waals surface area contributed by atoms with Crippen molar-refractivity contribution in [3.8, 4) is 10.6 Å². The van der Waals surface area contributed by atoms with Crippen LogP contribution in [0.2, 0.25) is 0 Å². The van der Waals surface area contributed by atoms with E-state index in [4.69, 9.17) is 0 Å². The Morgan fingerprint density at radius 1 is 1.07 bits per heavy atom. The van der Waals surface area contributed by atoms with Crippen molar-refractivity contribution < 1.29 is 9.59 Å². The molecule has 27 heavy (non-hydrogen) atoms. The summed E-state index contributed by atoms with van der Waals surface area (Å²) in [6.45, 7) is 3.99. The normalized spacial score (nSPS) is 10.5. The molecule has 0 saturated carbocycles. The Labute approximate surface area is 161 Å². The Bertz CT molecular complexity index is 969. The van der Waals surface area contributed by atoms with E-state index in [1.807, 2.05) is 32.0 Å². The summed E-state index contributed by atoms with van der Waals surface area (Å²) in [5, 5.41) is 12.1. The number of nitrogens with one attached hydrogen (secondary N) is 1. The topological polar surface area (TPSA) is 75.2 Å². The quantitative estimate of drug-likeness (QED) is 0.735. The van der Waals surface area contributed by atoms with E-state index in [-0.39, 0.29) is 18.4 Å². The fourth-order valence-electron chi connectivity index (χ4n) is 2.68. The average Bonchev–Trinajstić information content (AvgIpc) is 3.09. The molecule has 1 N–H and O–H groups in total. The van der Waals surface area contributed by atoms with Gasteiger partial charge in [-0.2, -0.15) is 0 Å². The molecule has 0 saturated heterocycles. The first-order valence-corrected chi connectivity index (χ1v) is 9.27. The molecule has 0 unspecified atom stereocenters. The van der Waals surface area contributed by atoms with Crippen LogP contribution in [-0.2, 0) is 4.79 Å². The van der Waals surface area contributed by atoms with Crippen molar-refractivity contribution in [3.63, 3.8) is 0 Å². The highest BCUT2D eigenvalue weighted by Gasteiger charge is 2.16. The molecule has 0 atom stereocenters. The molecule has 0 bridgehead atoms. The molecule has 2 amide bonds. The molecule has 1 aromatic heterocycles. The molecule has 3 aromatic rings. The van der Waals surface area contributed by atoms with Crippen molar-refractivity contribution in [2.75, 3.05) is 18.9 Å². The molecule has 3 rings (SSSR count). The van der Waals surface area contributed by atoms with E-state index in [0.717, 1.165) is 16.1 Å². The Kier molecular flexibility index (Phi) is 5.61. The van der Waals surface area contributed by atoms with Crippen LogP contribution in [0.25, 0.3) is 10.6 Å². The Hall–Kier alpha value is -3.06. The number of hydrogen-bond acceptors (Lipinski definition) is 5. The number of anilines is 1. The van der Waals surface area contributed by atoms with Crippen molar-refractivity contribution in [2.45, 2.75) is 13.8 Å². The van der Waals surface area contributed by atoms with E-state index in [1.165, 1.54) is 21.8 Å². The van der Waals surface area contributed by atoms with Gasteiger partial charge in [-0.25, -0.2) is 0 Å². The highest BCUT2D eigenvalue weighted by atomic mass is 32.1. The van der Waals surface area contributed by atoms with Gasteiger partial charge in [-0.1, -0.05) is 53.3 Å². The summed E-state index contributed by atoms with van der Waals surface area (Å²) >= 11 is 1.31. The van der Waals surface area contributed by atoms with Crippen LogP contribution >= 0.6 is 11.3 Å². The number of amides is 2. The molecular weight excluding hydrogens is 360 g/mol. The summed E-state index contributed by atoms with van der Waals surface area (Å²) in [6, 6.07) is 15.0. The number of nitrogens with zero attached hydrogens (tertiary/aromatic N) is 3. The first-order valence-electron chi connectivity index (χ1n) is 8.45. The zero-order valence-corrected chi connectivity index (χ0v) is 16.2. The van der Waals surface area contributed by atoms with E-state index in [1.54, 1.807) is 31.3 Å². The number of hydrogen-bond donors (Lipinski definition) is 1. The number of carbonyl (C=O) groups is 2. The highest BCUT2D eigenvalue weighted by Crippen LogP contribution is 2.29. The number of aryl methyl sites for hydroxylation is 2. The molecule has 2 aromatic carbocycles. The van der Waals surface area contributed by atoms with Crippen LogP contribution in [0.15, 0.2) is 48.5 Å². The van der Waals surface area contributed by atoms with Crippen LogP contribution in [0.3, 0.4) is 0 Å². The van der Waals surface area contributed by atoms with E-state index >= 15 is 0 Å². The monoisotopic (exact) mass is 380 g/mol. The lowest BCUT2D eigenvalue weighted by Gasteiger charge is -2.16. The minimum atomic E-state index is -0.315. The maximum atomic E-state index is 12.3. The second-order valence-electron chi connectivity index (χ2n) is 6.31. The summed E-state index contributed by atoms with van der Waals surface area (Å²) in [7, 11) is 1.59. The van der Waals surface area contributed by atoms with Gasteiger partial charge in [0.2, 0.25) is 11.0 Å². The van der Waals surface area contributed by atoms with E-state index in [2.05, 4.69) is 21.6 Å². The lowest BCUT2D eigenvalue weighted by atomic mass is 10.1. The number of aromatic nitrogens is 2. The minimum Gasteiger partial charge on any atom is -0.332 e. The van der Waals surface area contributed by atoms with Gasteiger partial charge in [-0.05, 0) is 31.5 Å². The zero-order valence-electron chi connectivity index (χ0n) is 15.4. The Morgan fingerprint density at radius 3 is 2.52 bits per heavy atom. The molecular formula is C20H20N4O2S. The van der Waals surface area contributed by atoms with Crippen molar-refractivity contribution in [1.29, 1.82) is 0 Å². The minimum absolute atomic E-state index is 0.0633. The predicted molar refractivity (Wildman–Crippen MR) is 107 cm³/mol. The number of benzene rings is 2. The number of carbonyl (C=O) groups excluding carboxylic acids is 2. The third-order valence-electron chi connectivity index (χ3n) is 4.03. The van der Waals surface area contributed by atoms with Gasteiger partial charge in [0.15, 0.2) is 0 Å². The fraction of sp³-hybridized carbons (Fsp3) is 0.200. The lowest BCUT2D eigenvalue weighted by Crippen LogP contribution is -2.34. The third-order valence-corrected chi connectivity index (χ3v) is 4.90. The number of rotatable bonds is 5. The van der Waals surface area contributed by atoms with Crippen molar-refractivity contribution in [2.24, 2.45) is 0 Å². The van der Waals surface area contributed by atoms with Crippen LogP contribution in [-0.4, -0.2) is 40.5 Å². The Morgan fingerprint density at radius 2 is 1.81 bits per heavy atom. The highest BCUT2D eigenvalue weighted by molar-refractivity contribution is 7.18. The standard InChI is InChI=1S/C20H20N4O2S/c1-13-9-10-16(14(2)11-13)18-22-23-20(27-18)21-17(25)12-24(3)19(26)15-7-5-4-6-8-15/h4-11H,12H2,1-3H3,(H,21,23,25). The van der Waals surface area contributed by atoms with Crippen molar-refractivity contribution in [1.82, 2.24) is 15.1 Å². The molecule has 0 aliphatic carbocycles. The van der Waals surface area contributed by atoms with Crippen molar-refractivity contribution in [3.05, 3.63) is 65.2 Å². The first kappa shape index (κ1) is 18.7. The molecule has 138 valence electrons. The predicted octanol–water partition coefficient (Wildman–Crippen LogP) is 3.53. The first-order chi connectivity index (χ1) is 12.9. The van der Waals surface area contributed by atoms with Gasteiger partial charge in [0.1, 0.15) is 5.01 Å². The molecule has 0 radical (unpaired) electrons. The molecule has 0 spiro atoms. The summed E-state index contributed by atoms with van der Waals surface area (Å²) in [4.78, 5) is 25.9. The summed E-state index contributed by atoms with van der Waals surface area (Å²) in [5.74, 6) is -0.524. The van der Waals surface area contributed by atoms with Crippen LogP contribution < -0.4 is 5.32 Å². The average molecular weight is 380 g/mol. The van der Waals surface area contributed by atoms with Crippen LogP contribution in [0.4, 0.5) is 5.13 Å². The maximum Gasteiger partial charge on any atom is 0.254 e. The van der Waals surface area contributed by atoms with Gasteiger partial charge in [-0.3, -0.25) is 14.9 Å². The summed E-state index contributed by atoms with van der Waals surface area (Å²) in [5.41, 5.74) is 3.83. The van der Waals surface area contributed by atoms with Gasteiger partial charge < -0.3 is 4.90 Å². The molecule has 0 aliphatic rings. The summed E-state index contributed by atoms with van der Waals surface area (Å²) in [6.07, 6.45) is 0. The second kappa shape index (κ2) is 8.09. The fourth-order valence-corrected chi connectivity index (χ4v) is 3.53. The Balaban J connectivity index is 1.63. The molecule has 6 nitrogen and oxygen atoms in total. The molecule has 1 heterocycles. The second-order valence-corrected chi connectivity index (χ2v) is 7.28. The third kappa shape index (κ3) is 4.57. The zero-order chi connectivity index (χ0) is 19.4. The van der Waals surface area contributed by atoms with Gasteiger partial charge in [0.25, 0.3) is 5.91 Å². The van der Waals surface area contributed by atoms with E-state index in [9.17, 15) is 9.59 Å². The smallest absolute Gasteiger partial charge is 0.254 e. The molecule has 7 heteroatoms. The van der Waals surface area contributed by atoms with Crippen LogP contribution in [0.5, 0.6) is 0 Å². The SMILES string of the molecule is Cc1ccc(-c2nnc(NC(=O)CN(C)C(=O)c3ccccc3)s2)c(C)c1. The van der Waals surface area contributed by atoms with Crippen molar-refractivity contribution >= 4 is 28.3 Å². The van der Waals surface area contributed by atoms with Crippen LogP contribution in [0, 0.1) is 13.8 Å². The largest absolute Gasteiger partial charge is 0.332 e. The number of likely N-dealkylation sites (N-methyl/N-ethyl adjacent to an activating group) is 1. The van der Waals surface area contributed by atoms with Gasteiger partial charge in [0.05, 0.1) is 6.54 Å². The maximum absolute atomic E-state index is 12.3. The van der Waals surface area contributed by atoms with Crippen LogP contribution in [0.1, 0.15) is 21.5 Å². The molecule has 0 fully saturated rings. The van der Waals surface area contributed by atoms with Gasteiger partial charge in [-0.15, -0.1) is 10.2 Å². The molecule has 0 aliphatic heterocycles. The lowest BCUT2D eigenvalue weighted by molar-refractivity contribution is -0.116. The van der Waals surface area contributed by atoms with E-state index in [0.29, 0.717) is 10.7 Å². The summed E-state index contributed by atoms with van der Waals surface area (Å²) < 4.78 is 0.